The summed E-state index contributed by atoms with van der Waals surface area (Å²) in [6.07, 6.45) is 6.55. The number of carbonyl (C=O) groups is 1. The van der Waals surface area contributed by atoms with Gasteiger partial charge >= 0.3 is 6.03 Å². The van der Waals surface area contributed by atoms with E-state index < -0.39 is 0 Å². The van der Waals surface area contributed by atoms with Crippen LogP contribution in [-0.4, -0.2) is 20.8 Å². The van der Waals surface area contributed by atoms with E-state index in [2.05, 4.69) is 20.3 Å². The Morgan fingerprint density at radius 2 is 1.93 bits per heavy atom. The lowest BCUT2D eigenvalue weighted by molar-refractivity contribution is 0.251. The van der Waals surface area contributed by atoms with Crippen molar-refractivity contribution in [3.05, 3.63) is 66.0 Å². The van der Waals surface area contributed by atoms with Crippen molar-refractivity contribution in [3.8, 4) is 11.4 Å². The Labute approximate surface area is 165 Å². The number of nitrogens with one attached hydrogen (secondary N) is 2. The van der Waals surface area contributed by atoms with E-state index in [1.165, 1.54) is 12.8 Å². The van der Waals surface area contributed by atoms with Crippen molar-refractivity contribution in [3.63, 3.8) is 0 Å². The number of hydrogen-bond donors (Lipinski definition) is 2. The lowest BCUT2D eigenvalue weighted by Gasteiger charge is -2.13. The summed E-state index contributed by atoms with van der Waals surface area (Å²) in [5.74, 6) is 0. The summed E-state index contributed by atoms with van der Waals surface area (Å²) >= 11 is 0. The molecular formula is C22H25N5O. The summed E-state index contributed by atoms with van der Waals surface area (Å²) in [5.41, 5.74) is 4.61. The minimum Gasteiger partial charge on any atom is -0.332 e. The first-order valence-electron chi connectivity index (χ1n) is 9.81. The van der Waals surface area contributed by atoms with Gasteiger partial charge in [-0.25, -0.2) is 4.79 Å². The molecular weight excluding hydrogens is 350 g/mol. The first-order valence-corrected chi connectivity index (χ1v) is 9.81. The highest BCUT2D eigenvalue weighted by Crippen LogP contribution is 2.33. The number of pyridine rings is 1. The number of anilines is 1. The first-order chi connectivity index (χ1) is 13.7. The van der Waals surface area contributed by atoms with Crippen molar-refractivity contribution in [1.82, 2.24) is 20.1 Å². The van der Waals surface area contributed by atoms with E-state index in [9.17, 15) is 4.79 Å². The van der Waals surface area contributed by atoms with Crippen molar-refractivity contribution in [2.75, 3.05) is 5.32 Å². The molecule has 144 valence electrons. The number of benzene rings is 1. The van der Waals surface area contributed by atoms with E-state index in [0.717, 1.165) is 41.2 Å². The molecule has 1 saturated carbocycles. The third-order valence-corrected chi connectivity index (χ3v) is 5.21. The summed E-state index contributed by atoms with van der Waals surface area (Å²) in [7, 11) is 0. The monoisotopic (exact) mass is 375 g/mol. The lowest BCUT2D eigenvalue weighted by Crippen LogP contribution is -2.28. The second-order valence-electron chi connectivity index (χ2n) is 7.24. The predicted octanol–water partition coefficient (Wildman–Crippen LogP) is 4.69. The summed E-state index contributed by atoms with van der Waals surface area (Å²) in [4.78, 5) is 16.8. The Balaban J connectivity index is 1.49. The number of hydrogen-bond acceptors (Lipinski definition) is 3. The molecule has 6 nitrogen and oxygen atoms in total. The molecule has 1 fully saturated rings. The van der Waals surface area contributed by atoms with E-state index in [-0.39, 0.29) is 6.03 Å². The van der Waals surface area contributed by atoms with Crippen molar-refractivity contribution >= 4 is 11.7 Å². The number of urea groups is 1. The van der Waals surface area contributed by atoms with Crippen molar-refractivity contribution in [2.24, 2.45) is 0 Å². The molecule has 0 saturated heterocycles. The average Bonchev–Trinajstić information content (AvgIpc) is 3.38. The third kappa shape index (κ3) is 4.06. The minimum atomic E-state index is -0.232. The number of rotatable bonds is 5. The number of aromatic nitrogens is 3. The fraction of sp³-hybridized carbons (Fsp3) is 0.318. The van der Waals surface area contributed by atoms with Gasteiger partial charge in [0.25, 0.3) is 0 Å². The van der Waals surface area contributed by atoms with Crippen molar-refractivity contribution < 1.29 is 4.79 Å². The van der Waals surface area contributed by atoms with Crippen LogP contribution in [-0.2, 0) is 6.54 Å². The van der Waals surface area contributed by atoms with Crippen molar-refractivity contribution in [2.45, 2.75) is 45.2 Å². The van der Waals surface area contributed by atoms with Gasteiger partial charge in [-0.3, -0.25) is 9.67 Å². The number of amides is 2. The molecule has 0 aliphatic heterocycles. The van der Waals surface area contributed by atoms with Crippen LogP contribution in [0.15, 0.2) is 54.7 Å². The van der Waals surface area contributed by atoms with E-state index >= 15 is 0 Å². The van der Waals surface area contributed by atoms with Crippen LogP contribution in [0.4, 0.5) is 10.5 Å². The van der Waals surface area contributed by atoms with Gasteiger partial charge in [0, 0.05) is 11.9 Å². The lowest BCUT2D eigenvalue weighted by atomic mass is 10.2. The fourth-order valence-electron chi connectivity index (χ4n) is 3.71. The van der Waals surface area contributed by atoms with Crippen LogP contribution in [0.1, 0.15) is 43.0 Å². The zero-order chi connectivity index (χ0) is 19.3. The maximum absolute atomic E-state index is 12.3. The molecule has 28 heavy (non-hydrogen) atoms. The molecule has 0 bridgehead atoms. The van der Waals surface area contributed by atoms with Crippen LogP contribution in [0.5, 0.6) is 0 Å². The summed E-state index contributed by atoms with van der Waals surface area (Å²) < 4.78 is 2.10. The molecule has 2 N–H and O–H groups in total. The quantitative estimate of drug-likeness (QED) is 0.679. The minimum absolute atomic E-state index is 0.232. The molecule has 1 aliphatic rings. The Bertz CT molecular complexity index is 945. The van der Waals surface area contributed by atoms with Gasteiger partial charge in [-0.15, -0.1) is 0 Å². The molecule has 6 heteroatoms. The molecule has 1 aromatic carbocycles. The molecule has 0 radical (unpaired) electrons. The number of nitrogens with zero attached hydrogens (tertiary/aromatic N) is 3. The highest BCUT2D eigenvalue weighted by molar-refractivity contribution is 5.89. The van der Waals surface area contributed by atoms with E-state index in [1.54, 1.807) is 6.20 Å². The fourth-order valence-corrected chi connectivity index (χ4v) is 3.71. The molecule has 3 aromatic rings. The SMILES string of the molecule is Cc1ccccc1NC(=O)NCc1cc(-c2ccccn2)n(C2CCCC2)n1. The number of carbonyl (C=O) groups excluding carboxylic acids is 1. The van der Waals surface area contributed by atoms with Gasteiger partial charge in [0.2, 0.25) is 0 Å². The number of aryl methyl sites for hydroxylation is 1. The molecule has 1 aliphatic carbocycles. The second kappa shape index (κ2) is 8.25. The first kappa shape index (κ1) is 18.2. The van der Waals surface area contributed by atoms with Gasteiger partial charge < -0.3 is 10.6 Å². The van der Waals surface area contributed by atoms with Gasteiger partial charge in [0.15, 0.2) is 0 Å². The normalized spacial score (nSPS) is 14.2. The Morgan fingerprint density at radius 1 is 1.14 bits per heavy atom. The third-order valence-electron chi connectivity index (χ3n) is 5.21. The van der Waals surface area contributed by atoms with Crippen LogP contribution in [0.3, 0.4) is 0 Å². The molecule has 2 amide bonds. The molecule has 0 spiro atoms. The van der Waals surface area contributed by atoms with Crippen molar-refractivity contribution in [1.29, 1.82) is 0 Å². The molecule has 0 unspecified atom stereocenters. The van der Waals surface area contributed by atoms with Gasteiger partial charge in [0.1, 0.15) is 0 Å². The van der Waals surface area contributed by atoms with Crippen LogP contribution >= 0.6 is 0 Å². The molecule has 4 rings (SSSR count). The second-order valence-corrected chi connectivity index (χ2v) is 7.24. The summed E-state index contributed by atoms with van der Waals surface area (Å²) in [6, 6.07) is 15.8. The van der Waals surface area contributed by atoms with Gasteiger partial charge in [-0.05, 0) is 49.6 Å². The Morgan fingerprint density at radius 3 is 2.68 bits per heavy atom. The van der Waals surface area contributed by atoms with Gasteiger partial charge in [-0.1, -0.05) is 37.1 Å². The van der Waals surface area contributed by atoms with Crippen LogP contribution in [0.25, 0.3) is 11.4 Å². The van der Waals surface area contributed by atoms with Crippen LogP contribution in [0.2, 0.25) is 0 Å². The zero-order valence-corrected chi connectivity index (χ0v) is 16.1. The summed E-state index contributed by atoms with van der Waals surface area (Å²) in [5, 5.41) is 10.6. The topological polar surface area (TPSA) is 71.8 Å². The Kier molecular flexibility index (Phi) is 5.37. The largest absolute Gasteiger partial charge is 0.332 e. The summed E-state index contributed by atoms with van der Waals surface area (Å²) in [6.45, 7) is 2.34. The highest BCUT2D eigenvalue weighted by atomic mass is 16.2. The molecule has 2 aromatic heterocycles. The standard InChI is InChI=1S/C22H25N5O/c1-16-8-2-5-11-19(16)25-22(28)24-15-17-14-21(20-12-6-7-13-23-20)27(26-17)18-9-3-4-10-18/h2,5-8,11-14,18H,3-4,9-10,15H2,1H3,(H2,24,25,28). The maximum Gasteiger partial charge on any atom is 0.319 e. The van der Waals surface area contributed by atoms with E-state index in [4.69, 9.17) is 5.10 Å². The number of para-hydroxylation sites is 1. The average molecular weight is 375 g/mol. The maximum atomic E-state index is 12.3. The molecule has 0 atom stereocenters. The van der Waals surface area contributed by atoms with Gasteiger partial charge in [0.05, 0.1) is 29.7 Å². The zero-order valence-electron chi connectivity index (χ0n) is 16.1. The molecule has 2 heterocycles. The Hall–Kier alpha value is -3.15. The van der Waals surface area contributed by atoms with Gasteiger partial charge in [-0.2, -0.15) is 5.10 Å². The van der Waals surface area contributed by atoms with E-state index in [0.29, 0.717) is 12.6 Å². The predicted molar refractivity (Wildman–Crippen MR) is 110 cm³/mol. The van der Waals surface area contributed by atoms with Crippen LogP contribution in [0, 0.1) is 6.92 Å². The highest BCUT2D eigenvalue weighted by Gasteiger charge is 2.22. The van der Waals surface area contributed by atoms with Crippen LogP contribution < -0.4 is 10.6 Å². The smallest absolute Gasteiger partial charge is 0.319 e. The van der Waals surface area contributed by atoms with E-state index in [1.807, 2.05) is 55.5 Å².